The van der Waals surface area contributed by atoms with Crippen molar-refractivity contribution in [2.45, 2.75) is 51.6 Å². The molecule has 1 aromatic carbocycles. The van der Waals surface area contributed by atoms with Crippen molar-refractivity contribution in [2.24, 2.45) is 0 Å². The monoisotopic (exact) mass is 271 g/mol. The van der Waals surface area contributed by atoms with Crippen molar-refractivity contribution in [3.63, 3.8) is 0 Å². The SMILES string of the molecule is Cc1nc2ccccc2n1C(C)C(=O)NC1CCCC1. The van der Waals surface area contributed by atoms with Gasteiger partial charge < -0.3 is 9.88 Å². The standard InChI is InChI=1S/C16H21N3O/c1-11(16(20)18-13-7-3-4-8-13)19-12(2)17-14-9-5-6-10-15(14)19/h5-6,9-11,13H,3-4,7-8H2,1-2H3,(H,18,20). The van der Waals surface area contributed by atoms with Crippen LogP contribution in [0.25, 0.3) is 11.0 Å². The molecule has 1 aliphatic carbocycles. The lowest BCUT2D eigenvalue weighted by Gasteiger charge is -2.19. The maximum Gasteiger partial charge on any atom is 0.243 e. The highest BCUT2D eigenvalue weighted by Gasteiger charge is 2.23. The summed E-state index contributed by atoms with van der Waals surface area (Å²) in [6, 6.07) is 8.11. The van der Waals surface area contributed by atoms with Crippen LogP contribution in [0.15, 0.2) is 24.3 Å². The van der Waals surface area contributed by atoms with Gasteiger partial charge in [-0.2, -0.15) is 0 Å². The Balaban J connectivity index is 1.85. The molecule has 0 saturated heterocycles. The Morgan fingerprint density at radius 1 is 1.35 bits per heavy atom. The number of imidazole rings is 1. The van der Waals surface area contributed by atoms with Crippen molar-refractivity contribution in [3.8, 4) is 0 Å². The smallest absolute Gasteiger partial charge is 0.243 e. The predicted octanol–water partition coefficient (Wildman–Crippen LogP) is 2.96. The average Bonchev–Trinajstić information content (AvgIpc) is 3.04. The summed E-state index contributed by atoms with van der Waals surface area (Å²) in [5, 5.41) is 3.17. The largest absolute Gasteiger partial charge is 0.352 e. The zero-order valence-electron chi connectivity index (χ0n) is 12.1. The van der Waals surface area contributed by atoms with Crippen LogP contribution in [0, 0.1) is 6.92 Å². The number of carbonyl (C=O) groups is 1. The summed E-state index contributed by atoms with van der Waals surface area (Å²) >= 11 is 0. The molecule has 1 aromatic heterocycles. The first-order valence-corrected chi connectivity index (χ1v) is 7.41. The van der Waals surface area contributed by atoms with Gasteiger partial charge in [0.25, 0.3) is 0 Å². The van der Waals surface area contributed by atoms with Gasteiger partial charge in [-0.25, -0.2) is 4.98 Å². The number of aromatic nitrogens is 2. The molecule has 0 aliphatic heterocycles. The number of nitrogens with one attached hydrogen (secondary N) is 1. The van der Waals surface area contributed by atoms with Crippen LogP contribution in [-0.2, 0) is 4.79 Å². The minimum atomic E-state index is -0.219. The summed E-state index contributed by atoms with van der Waals surface area (Å²) in [7, 11) is 0. The Morgan fingerprint density at radius 3 is 2.80 bits per heavy atom. The third-order valence-electron chi connectivity index (χ3n) is 4.24. The molecule has 1 N–H and O–H groups in total. The molecule has 4 nitrogen and oxygen atoms in total. The van der Waals surface area contributed by atoms with Crippen LogP contribution >= 0.6 is 0 Å². The molecule has 1 fully saturated rings. The molecule has 1 saturated carbocycles. The van der Waals surface area contributed by atoms with Gasteiger partial charge >= 0.3 is 0 Å². The highest BCUT2D eigenvalue weighted by atomic mass is 16.2. The molecular formula is C16H21N3O. The third-order valence-corrected chi connectivity index (χ3v) is 4.24. The number of hydrogen-bond acceptors (Lipinski definition) is 2. The predicted molar refractivity (Wildman–Crippen MR) is 79.6 cm³/mol. The van der Waals surface area contributed by atoms with E-state index in [2.05, 4.69) is 10.3 Å². The van der Waals surface area contributed by atoms with Crippen LogP contribution < -0.4 is 5.32 Å². The van der Waals surface area contributed by atoms with Crippen molar-refractivity contribution in [2.75, 3.05) is 0 Å². The molecule has 1 aliphatic rings. The Kier molecular flexibility index (Phi) is 3.47. The summed E-state index contributed by atoms with van der Waals surface area (Å²) in [6.07, 6.45) is 4.68. The number of amides is 1. The maximum atomic E-state index is 12.4. The minimum absolute atomic E-state index is 0.100. The van der Waals surface area contributed by atoms with Gasteiger partial charge in [0, 0.05) is 6.04 Å². The number of rotatable bonds is 3. The molecule has 20 heavy (non-hydrogen) atoms. The second kappa shape index (κ2) is 5.27. The third kappa shape index (κ3) is 2.30. The molecule has 3 rings (SSSR count). The van der Waals surface area contributed by atoms with E-state index in [0.29, 0.717) is 6.04 Å². The van der Waals surface area contributed by atoms with Crippen LogP contribution in [0.4, 0.5) is 0 Å². The van der Waals surface area contributed by atoms with E-state index in [1.165, 1.54) is 12.8 Å². The zero-order chi connectivity index (χ0) is 14.1. The van der Waals surface area contributed by atoms with Gasteiger partial charge in [0.15, 0.2) is 0 Å². The highest BCUT2D eigenvalue weighted by molar-refractivity contribution is 5.84. The fourth-order valence-electron chi connectivity index (χ4n) is 3.16. The van der Waals surface area contributed by atoms with E-state index < -0.39 is 0 Å². The van der Waals surface area contributed by atoms with Crippen molar-refractivity contribution in [3.05, 3.63) is 30.1 Å². The molecule has 106 valence electrons. The molecule has 2 aromatic rings. The topological polar surface area (TPSA) is 46.9 Å². The Hall–Kier alpha value is -1.84. The van der Waals surface area contributed by atoms with Gasteiger partial charge in [-0.1, -0.05) is 25.0 Å². The molecule has 0 bridgehead atoms. The number of aryl methyl sites for hydroxylation is 1. The number of nitrogens with zero attached hydrogens (tertiary/aromatic N) is 2. The Bertz CT molecular complexity index is 626. The lowest BCUT2D eigenvalue weighted by molar-refractivity contribution is -0.124. The van der Waals surface area contributed by atoms with E-state index in [1.54, 1.807) is 0 Å². The molecule has 1 heterocycles. The fourth-order valence-corrected chi connectivity index (χ4v) is 3.16. The summed E-state index contributed by atoms with van der Waals surface area (Å²) in [5.74, 6) is 0.989. The molecular weight excluding hydrogens is 250 g/mol. The quantitative estimate of drug-likeness (QED) is 0.933. The number of carbonyl (C=O) groups excluding carboxylic acids is 1. The van der Waals surface area contributed by atoms with Gasteiger partial charge in [-0.3, -0.25) is 4.79 Å². The fraction of sp³-hybridized carbons (Fsp3) is 0.500. The first-order chi connectivity index (χ1) is 9.66. The van der Waals surface area contributed by atoms with Gasteiger partial charge in [0.05, 0.1) is 11.0 Å². The highest BCUT2D eigenvalue weighted by Crippen LogP contribution is 2.22. The van der Waals surface area contributed by atoms with Crippen molar-refractivity contribution < 1.29 is 4.79 Å². The zero-order valence-corrected chi connectivity index (χ0v) is 12.1. The van der Waals surface area contributed by atoms with E-state index in [9.17, 15) is 4.79 Å². The number of fused-ring (bicyclic) bond motifs is 1. The Morgan fingerprint density at radius 2 is 2.05 bits per heavy atom. The lowest BCUT2D eigenvalue weighted by Crippen LogP contribution is -2.37. The van der Waals surface area contributed by atoms with Gasteiger partial charge in [-0.15, -0.1) is 0 Å². The van der Waals surface area contributed by atoms with Crippen LogP contribution in [0.3, 0.4) is 0 Å². The Labute approximate surface area is 119 Å². The van der Waals surface area contributed by atoms with E-state index in [1.807, 2.05) is 42.7 Å². The van der Waals surface area contributed by atoms with Crippen LogP contribution in [0.2, 0.25) is 0 Å². The maximum absolute atomic E-state index is 12.4. The molecule has 0 spiro atoms. The minimum Gasteiger partial charge on any atom is -0.352 e. The second-order valence-electron chi connectivity index (χ2n) is 5.68. The normalized spacial score (nSPS) is 17.5. The molecule has 1 amide bonds. The summed E-state index contributed by atoms with van der Waals surface area (Å²) < 4.78 is 2.03. The van der Waals surface area contributed by atoms with Gasteiger partial charge in [-0.05, 0) is 38.8 Å². The van der Waals surface area contributed by atoms with E-state index in [0.717, 1.165) is 29.7 Å². The molecule has 1 unspecified atom stereocenters. The summed E-state index contributed by atoms with van der Waals surface area (Å²) in [5.41, 5.74) is 1.98. The number of para-hydroxylation sites is 2. The lowest BCUT2D eigenvalue weighted by atomic mass is 10.2. The van der Waals surface area contributed by atoms with E-state index in [4.69, 9.17) is 0 Å². The van der Waals surface area contributed by atoms with Gasteiger partial charge in [0.1, 0.15) is 11.9 Å². The molecule has 4 heteroatoms. The van der Waals surface area contributed by atoms with Gasteiger partial charge in [0.2, 0.25) is 5.91 Å². The van der Waals surface area contributed by atoms with Crippen LogP contribution in [-0.4, -0.2) is 21.5 Å². The van der Waals surface area contributed by atoms with Crippen molar-refractivity contribution >= 4 is 16.9 Å². The van der Waals surface area contributed by atoms with Crippen LogP contribution in [0.1, 0.15) is 44.5 Å². The average molecular weight is 271 g/mol. The van der Waals surface area contributed by atoms with Crippen LogP contribution in [0.5, 0.6) is 0 Å². The number of benzene rings is 1. The second-order valence-corrected chi connectivity index (χ2v) is 5.68. The summed E-state index contributed by atoms with van der Waals surface area (Å²) in [4.78, 5) is 17.0. The molecule has 1 atom stereocenters. The van der Waals surface area contributed by atoms with Crippen molar-refractivity contribution in [1.29, 1.82) is 0 Å². The molecule has 0 radical (unpaired) electrons. The van der Waals surface area contributed by atoms with E-state index in [-0.39, 0.29) is 11.9 Å². The summed E-state index contributed by atoms with van der Waals surface area (Å²) in [6.45, 7) is 3.91. The number of hydrogen-bond donors (Lipinski definition) is 1. The van der Waals surface area contributed by atoms with E-state index >= 15 is 0 Å². The first kappa shape index (κ1) is 13.2. The first-order valence-electron chi connectivity index (χ1n) is 7.41. The van der Waals surface area contributed by atoms with Crippen molar-refractivity contribution in [1.82, 2.24) is 14.9 Å².